The highest BCUT2D eigenvalue weighted by molar-refractivity contribution is 7.13. The predicted octanol–water partition coefficient (Wildman–Crippen LogP) is 2.83. The molecule has 0 unspecified atom stereocenters. The van der Waals surface area contributed by atoms with Crippen LogP contribution in [-0.4, -0.2) is 59.4 Å². The number of rotatable bonds is 5. The number of ether oxygens (including phenoxy) is 1. The molecule has 0 spiro atoms. The molecule has 3 rings (SSSR count). The minimum Gasteiger partial charge on any atom is -0.494 e. The van der Waals surface area contributed by atoms with Crippen LogP contribution >= 0.6 is 11.3 Å². The number of carbonyl (C=O) groups excluding carboxylic acids is 2. The number of nitrogens with zero attached hydrogens (tertiary/aromatic N) is 3. The number of benzene rings is 1. The molecule has 0 N–H and O–H groups in total. The molecule has 0 radical (unpaired) electrons. The van der Waals surface area contributed by atoms with E-state index < -0.39 is 0 Å². The summed E-state index contributed by atoms with van der Waals surface area (Å²) in [5.41, 5.74) is 1.82. The Balaban J connectivity index is 1.60. The Morgan fingerprint density at radius 3 is 2.52 bits per heavy atom. The fourth-order valence-electron chi connectivity index (χ4n) is 3.13. The monoisotopic (exact) mass is 387 g/mol. The largest absolute Gasteiger partial charge is 0.494 e. The molecule has 1 fully saturated rings. The Morgan fingerprint density at radius 1 is 1.11 bits per heavy atom. The van der Waals surface area contributed by atoms with Gasteiger partial charge in [0.05, 0.1) is 18.7 Å². The number of aromatic nitrogens is 1. The van der Waals surface area contributed by atoms with Gasteiger partial charge in [0.25, 0.3) is 0 Å². The molecular formula is C20H25N3O3S. The van der Waals surface area contributed by atoms with Gasteiger partial charge < -0.3 is 14.5 Å². The van der Waals surface area contributed by atoms with Gasteiger partial charge in [-0.25, -0.2) is 4.98 Å². The van der Waals surface area contributed by atoms with Crippen LogP contribution < -0.4 is 4.74 Å². The average Bonchev–Trinajstić information content (AvgIpc) is 2.97. The zero-order valence-corrected chi connectivity index (χ0v) is 16.6. The van der Waals surface area contributed by atoms with Crippen LogP contribution in [0, 0.1) is 0 Å². The van der Waals surface area contributed by atoms with Gasteiger partial charge >= 0.3 is 0 Å². The third-order valence-electron chi connectivity index (χ3n) is 4.59. The summed E-state index contributed by atoms with van der Waals surface area (Å²) in [5.74, 6) is 0.988. The number of carbonyl (C=O) groups is 2. The summed E-state index contributed by atoms with van der Waals surface area (Å²) in [7, 11) is 0. The number of thiazole rings is 1. The van der Waals surface area contributed by atoms with Crippen molar-refractivity contribution in [2.24, 2.45) is 0 Å². The molecule has 6 nitrogen and oxygen atoms in total. The topological polar surface area (TPSA) is 62.7 Å². The first-order valence-electron chi connectivity index (χ1n) is 9.27. The molecule has 2 aromatic rings. The molecule has 1 saturated heterocycles. The smallest absolute Gasteiger partial charge is 0.228 e. The van der Waals surface area contributed by atoms with Crippen LogP contribution in [0.5, 0.6) is 5.75 Å². The number of hydrogen-bond donors (Lipinski definition) is 0. The number of amides is 2. The summed E-state index contributed by atoms with van der Waals surface area (Å²) in [4.78, 5) is 32.4. The van der Waals surface area contributed by atoms with Crippen molar-refractivity contribution in [2.75, 3.05) is 32.8 Å². The molecule has 1 aromatic carbocycles. The minimum absolute atomic E-state index is 0.0730. The molecule has 0 bridgehead atoms. The Morgan fingerprint density at radius 2 is 1.81 bits per heavy atom. The van der Waals surface area contributed by atoms with Gasteiger partial charge in [0.15, 0.2) is 0 Å². The van der Waals surface area contributed by atoms with Crippen molar-refractivity contribution in [3.8, 4) is 16.3 Å². The van der Waals surface area contributed by atoms with Crippen LogP contribution in [-0.2, 0) is 16.0 Å². The van der Waals surface area contributed by atoms with Crippen molar-refractivity contribution in [3.05, 3.63) is 35.3 Å². The molecule has 0 atom stereocenters. The van der Waals surface area contributed by atoms with Crippen molar-refractivity contribution in [1.29, 1.82) is 0 Å². The lowest BCUT2D eigenvalue weighted by molar-refractivity contribution is -0.132. The fraction of sp³-hybridized carbons (Fsp3) is 0.450. The molecule has 27 heavy (non-hydrogen) atoms. The molecule has 144 valence electrons. The van der Waals surface area contributed by atoms with Gasteiger partial charge in [0, 0.05) is 44.0 Å². The van der Waals surface area contributed by atoms with E-state index >= 15 is 0 Å². The number of hydrogen-bond acceptors (Lipinski definition) is 5. The van der Waals surface area contributed by atoms with Crippen LogP contribution in [0.1, 0.15) is 26.0 Å². The van der Waals surface area contributed by atoms with Gasteiger partial charge in [-0.2, -0.15) is 0 Å². The van der Waals surface area contributed by atoms with E-state index in [2.05, 4.69) is 4.98 Å². The molecule has 2 amide bonds. The van der Waals surface area contributed by atoms with E-state index in [4.69, 9.17) is 4.74 Å². The van der Waals surface area contributed by atoms with E-state index in [0.29, 0.717) is 32.7 Å². The normalized spacial score (nSPS) is 14.7. The van der Waals surface area contributed by atoms with E-state index in [1.807, 2.05) is 41.5 Å². The summed E-state index contributed by atoms with van der Waals surface area (Å²) < 4.78 is 5.46. The predicted molar refractivity (Wildman–Crippen MR) is 106 cm³/mol. The Hall–Kier alpha value is -2.41. The SMILES string of the molecule is CCOc1ccc(-c2nc(CC(=O)N3CCCN(C(C)=O)CC3)cs2)cc1. The van der Waals surface area contributed by atoms with Gasteiger partial charge in [-0.3, -0.25) is 9.59 Å². The molecule has 1 aliphatic rings. The van der Waals surface area contributed by atoms with Crippen molar-refractivity contribution in [2.45, 2.75) is 26.7 Å². The van der Waals surface area contributed by atoms with Gasteiger partial charge in [-0.15, -0.1) is 11.3 Å². The van der Waals surface area contributed by atoms with Crippen LogP contribution in [0.25, 0.3) is 10.6 Å². The molecule has 0 saturated carbocycles. The van der Waals surface area contributed by atoms with Gasteiger partial charge in [0.1, 0.15) is 10.8 Å². The van der Waals surface area contributed by atoms with Crippen LogP contribution in [0.2, 0.25) is 0 Å². The molecule has 1 aliphatic heterocycles. The fourth-order valence-corrected chi connectivity index (χ4v) is 3.96. The summed E-state index contributed by atoms with van der Waals surface area (Å²) in [5, 5.41) is 2.85. The van der Waals surface area contributed by atoms with Crippen LogP contribution in [0.4, 0.5) is 0 Å². The van der Waals surface area contributed by atoms with Crippen molar-refractivity contribution >= 4 is 23.2 Å². The van der Waals surface area contributed by atoms with Crippen molar-refractivity contribution in [3.63, 3.8) is 0 Å². The van der Waals surface area contributed by atoms with E-state index in [1.165, 1.54) is 0 Å². The summed E-state index contributed by atoms with van der Waals surface area (Å²) in [6.07, 6.45) is 1.12. The van der Waals surface area contributed by atoms with E-state index in [-0.39, 0.29) is 11.8 Å². The standard InChI is InChI=1S/C20H25N3O3S/c1-3-26-18-7-5-16(6-8-18)20-21-17(14-27-20)13-19(25)23-10-4-9-22(11-12-23)15(2)24/h5-8,14H,3-4,9-13H2,1-2H3. The minimum atomic E-state index is 0.0730. The zero-order chi connectivity index (χ0) is 19.2. The third-order valence-corrected chi connectivity index (χ3v) is 5.53. The van der Waals surface area contributed by atoms with Gasteiger partial charge in [-0.05, 0) is 37.6 Å². The van der Waals surface area contributed by atoms with E-state index in [0.717, 1.165) is 35.0 Å². The molecule has 2 heterocycles. The summed E-state index contributed by atoms with van der Waals surface area (Å²) >= 11 is 1.54. The van der Waals surface area contributed by atoms with E-state index in [9.17, 15) is 9.59 Å². The second kappa shape index (κ2) is 8.99. The first kappa shape index (κ1) is 19.4. The molecular weight excluding hydrogens is 362 g/mol. The van der Waals surface area contributed by atoms with E-state index in [1.54, 1.807) is 23.2 Å². The van der Waals surface area contributed by atoms with Gasteiger partial charge in [0.2, 0.25) is 11.8 Å². The van der Waals surface area contributed by atoms with Crippen molar-refractivity contribution in [1.82, 2.24) is 14.8 Å². The highest BCUT2D eigenvalue weighted by Crippen LogP contribution is 2.26. The first-order valence-corrected chi connectivity index (χ1v) is 10.2. The lowest BCUT2D eigenvalue weighted by atomic mass is 10.2. The maximum atomic E-state index is 12.6. The first-order chi connectivity index (χ1) is 13.1. The second-order valence-corrected chi connectivity index (χ2v) is 7.38. The molecule has 1 aromatic heterocycles. The maximum Gasteiger partial charge on any atom is 0.228 e. The summed E-state index contributed by atoms with van der Waals surface area (Å²) in [6.45, 7) is 6.79. The highest BCUT2D eigenvalue weighted by Gasteiger charge is 2.21. The maximum absolute atomic E-state index is 12.6. The van der Waals surface area contributed by atoms with Gasteiger partial charge in [-0.1, -0.05) is 0 Å². The molecule has 7 heteroatoms. The average molecular weight is 388 g/mol. The summed E-state index contributed by atoms with van der Waals surface area (Å²) in [6, 6.07) is 7.84. The Bertz CT molecular complexity index is 788. The van der Waals surface area contributed by atoms with Crippen LogP contribution in [0.3, 0.4) is 0 Å². The lowest BCUT2D eigenvalue weighted by Crippen LogP contribution is -2.37. The highest BCUT2D eigenvalue weighted by atomic mass is 32.1. The van der Waals surface area contributed by atoms with Crippen molar-refractivity contribution < 1.29 is 14.3 Å². The lowest BCUT2D eigenvalue weighted by Gasteiger charge is -2.21. The Kier molecular flexibility index (Phi) is 6.45. The Labute approximate surface area is 163 Å². The zero-order valence-electron chi connectivity index (χ0n) is 15.8. The molecule has 0 aliphatic carbocycles. The van der Waals surface area contributed by atoms with Crippen LogP contribution in [0.15, 0.2) is 29.6 Å². The second-order valence-electron chi connectivity index (χ2n) is 6.52. The third kappa shape index (κ3) is 5.07. The quantitative estimate of drug-likeness (QED) is 0.791.